The monoisotopic (exact) mass is 212 g/mol. The molecule has 15 heavy (non-hydrogen) atoms. The molecule has 0 aliphatic rings. The lowest BCUT2D eigenvalue weighted by molar-refractivity contribution is 0.0527. The van der Waals surface area contributed by atoms with Gasteiger partial charge in [0.05, 0.1) is 19.3 Å². The number of anilines is 1. The number of rotatable bonds is 3. The molecule has 0 amide bonds. The number of hydrogen-bond acceptors (Lipinski definition) is 6. The van der Waals surface area contributed by atoms with Crippen molar-refractivity contribution in [3.63, 3.8) is 0 Å². The second kappa shape index (κ2) is 4.56. The third-order valence-electron chi connectivity index (χ3n) is 1.71. The van der Waals surface area contributed by atoms with E-state index in [4.69, 9.17) is 16.2 Å². The molecule has 82 valence electrons. The fraction of sp³-hybridized carbons (Fsp3) is 0.375. The van der Waals surface area contributed by atoms with Gasteiger partial charge in [-0.1, -0.05) is 0 Å². The van der Waals surface area contributed by atoms with Crippen LogP contribution in [0.15, 0.2) is 6.20 Å². The lowest BCUT2D eigenvalue weighted by Crippen LogP contribution is -2.24. The first-order valence-electron chi connectivity index (χ1n) is 4.35. The highest BCUT2D eigenvalue weighted by atomic mass is 16.5. The van der Waals surface area contributed by atoms with Crippen LogP contribution < -0.4 is 11.5 Å². The van der Waals surface area contributed by atoms with Crippen LogP contribution in [0.1, 0.15) is 22.1 Å². The number of ether oxygens (including phenoxy) is 1. The Morgan fingerprint density at radius 3 is 2.80 bits per heavy atom. The number of hydrogen-bond donors (Lipinski definition) is 2. The number of nitrogens with two attached hydrogens (primary N) is 2. The molecule has 0 aromatic carbocycles. The van der Waals surface area contributed by atoms with Crippen LogP contribution >= 0.6 is 0 Å². The first-order chi connectivity index (χ1) is 7.11. The van der Waals surface area contributed by atoms with Gasteiger partial charge in [-0.15, -0.1) is 0 Å². The predicted octanol–water partition coefficient (Wildman–Crippen LogP) is -0.759. The average Bonchev–Trinajstić information content (AvgIpc) is 2.59. The number of carbonyl (C=O) groups is 2. The van der Waals surface area contributed by atoms with Gasteiger partial charge in [-0.05, 0) is 6.92 Å². The molecule has 1 aromatic heterocycles. The molecule has 0 unspecified atom stereocenters. The van der Waals surface area contributed by atoms with E-state index in [9.17, 15) is 9.59 Å². The van der Waals surface area contributed by atoms with Crippen LogP contribution in [0.2, 0.25) is 0 Å². The molecule has 0 saturated heterocycles. The van der Waals surface area contributed by atoms with Crippen molar-refractivity contribution in [1.82, 2.24) is 9.78 Å². The van der Waals surface area contributed by atoms with Gasteiger partial charge in [-0.25, -0.2) is 4.79 Å². The molecule has 1 heterocycles. The second-order valence-corrected chi connectivity index (χ2v) is 2.67. The quantitative estimate of drug-likeness (QED) is 0.637. The summed E-state index contributed by atoms with van der Waals surface area (Å²) in [4.78, 5) is 22.5. The van der Waals surface area contributed by atoms with E-state index in [-0.39, 0.29) is 24.5 Å². The average molecular weight is 212 g/mol. The van der Waals surface area contributed by atoms with Crippen LogP contribution in [0.5, 0.6) is 0 Å². The summed E-state index contributed by atoms with van der Waals surface area (Å²) in [6, 6.07) is 0. The van der Waals surface area contributed by atoms with Crippen molar-refractivity contribution in [2.45, 2.75) is 6.92 Å². The van der Waals surface area contributed by atoms with Crippen molar-refractivity contribution >= 4 is 17.7 Å². The van der Waals surface area contributed by atoms with Gasteiger partial charge in [-0.3, -0.25) is 4.79 Å². The summed E-state index contributed by atoms with van der Waals surface area (Å²) >= 11 is 0. The zero-order chi connectivity index (χ0) is 11.4. The lowest BCUT2D eigenvalue weighted by atomic mass is 10.3. The Balaban J connectivity index is 2.98. The van der Waals surface area contributed by atoms with Gasteiger partial charge in [0.15, 0.2) is 0 Å². The van der Waals surface area contributed by atoms with Gasteiger partial charge in [-0.2, -0.15) is 9.78 Å². The Hall–Kier alpha value is -1.89. The normalized spacial score (nSPS) is 10.0. The highest BCUT2D eigenvalue weighted by Crippen LogP contribution is 2.11. The topological polar surface area (TPSA) is 113 Å². The molecular weight excluding hydrogens is 200 g/mol. The number of nitrogen functional groups attached to an aromatic ring is 1. The van der Waals surface area contributed by atoms with E-state index in [0.29, 0.717) is 0 Å². The third kappa shape index (κ3) is 2.13. The molecule has 0 saturated carbocycles. The molecule has 0 spiro atoms. The Morgan fingerprint density at radius 1 is 1.60 bits per heavy atom. The zero-order valence-corrected chi connectivity index (χ0v) is 8.27. The van der Waals surface area contributed by atoms with Crippen LogP contribution in [0.25, 0.3) is 0 Å². The van der Waals surface area contributed by atoms with Gasteiger partial charge in [0, 0.05) is 0 Å². The molecule has 0 bridgehead atoms. The van der Waals surface area contributed by atoms with E-state index in [1.54, 1.807) is 6.92 Å². The van der Waals surface area contributed by atoms with Gasteiger partial charge >= 0.3 is 5.97 Å². The summed E-state index contributed by atoms with van der Waals surface area (Å²) in [5, 5.41) is 3.65. The van der Waals surface area contributed by atoms with E-state index >= 15 is 0 Å². The predicted molar refractivity (Wildman–Crippen MR) is 52.3 cm³/mol. The number of esters is 1. The highest BCUT2D eigenvalue weighted by molar-refractivity contribution is 5.96. The number of nitrogens with zero attached hydrogens (tertiary/aromatic N) is 2. The first kappa shape index (κ1) is 11.2. The van der Waals surface area contributed by atoms with Crippen LogP contribution in [-0.4, -0.2) is 34.8 Å². The minimum atomic E-state index is -0.605. The molecular formula is C8H12N4O3. The van der Waals surface area contributed by atoms with Gasteiger partial charge < -0.3 is 16.2 Å². The fourth-order valence-corrected chi connectivity index (χ4v) is 1.01. The summed E-state index contributed by atoms with van der Waals surface area (Å²) < 4.78 is 5.60. The molecule has 7 heteroatoms. The van der Waals surface area contributed by atoms with E-state index < -0.39 is 11.9 Å². The second-order valence-electron chi connectivity index (χ2n) is 2.67. The molecule has 0 aliphatic carbocycles. The van der Waals surface area contributed by atoms with Crippen LogP contribution in [-0.2, 0) is 4.74 Å². The summed E-state index contributed by atoms with van der Waals surface area (Å²) in [7, 11) is 0. The lowest BCUT2D eigenvalue weighted by Gasteiger charge is -2.01. The van der Waals surface area contributed by atoms with Crippen molar-refractivity contribution in [3.05, 3.63) is 11.8 Å². The molecule has 0 fully saturated rings. The third-order valence-corrected chi connectivity index (χ3v) is 1.71. The first-order valence-corrected chi connectivity index (χ1v) is 4.35. The molecule has 0 aliphatic heterocycles. The summed E-state index contributed by atoms with van der Waals surface area (Å²) in [5.41, 5.74) is 10.7. The summed E-state index contributed by atoms with van der Waals surface area (Å²) in [6.45, 7) is 1.67. The Morgan fingerprint density at radius 2 is 2.27 bits per heavy atom. The van der Waals surface area contributed by atoms with Crippen molar-refractivity contribution < 1.29 is 14.3 Å². The fourth-order valence-electron chi connectivity index (χ4n) is 1.01. The maximum absolute atomic E-state index is 11.3. The van der Waals surface area contributed by atoms with E-state index in [1.807, 2.05) is 0 Å². The summed E-state index contributed by atoms with van der Waals surface area (Å²) in [6.07, 6.45) is 1.18. The molecule has 0 atom stereocenters. The molecule has 1 rings (SSSR count). The SMILES string of the molecule is CCOC(=O)c1cnn(C(=O)CN)c1N. The van der Waals surface area contributed by atoms with Crippen LogP contribution in [0.3, 0.4) is 0 Å². The van der Waals surface area contributed by atoms with E-state index in [0.717, 1.165) is 4.68 Å². The molecule has 4 N–H and O–H groups in total. The molecule has 7 nitrogen and oxygen atoms in total. The van der Waals surface area contributed by atoms with Gasteiger partial charge in [0.1, 0.15) is 11.4 Å². The van der Waals surface area contributed by atoms with Crippen LogP contribution in [0.4, 0.5) is 5.82 Å². The Labute approximate surface area is 86.0 Å². The molecule has 0 radical (unpaired) electrons. The maximum Gasteiger partial charge on any atom is 0.343 e. The van der Waals surface area contributed by atoms with E-state index in [1.165, 1.54) is 6.20 Å². The highest BCUT2D eigenvalue weighted by Gasteiger charge is 2.18. The standard InChI is InChI=1S/C8H12N4O3/c1-2-15-8(14)5-4-11-12(7(5)10)6(13)3-9/h4H,2-3,9-10H2,1H3. The maximum atomic E-state index is 11.3. The van der Waals surface area contributed by atoms with Crippen molar-refractivity contribution in [1.29, 1.82) is 0 Å². The minimum absolute atomic E-state index is 0.0519. The number of aromatic nitrogens is 2. The van der Waals surface area contributed by atoms with Crippen molar-refractivity contribution in [2.75, 3.05) is 18.9 Å². The number of carbonyl (C=O) groups excluding carboxylic acids is 2. The Kier molecular flexibility index (Phi) is 3.40. The Bertz CT molecular complexity index is 385. The summed E-state index contributed by atoms with van der Waals surface area (Å²) in [5.74, 6) is -1.14. The largest absolute Gasteiger partial charge is 0.462 e. The van der Waals surface area contributed by atoms with Gasteiger partial charge in [0.2, 0.25) is 0 Å². The van der Waals surface area contributed by atoms with Crippen LogP contribution in [0, 0.1) is 0 Å². The molecule has 1 aromatic rings. The van der Waals surface area contributed by atoms with Gasteiger partial charge in [0.25, 0.3) is 5.91 Å². The minimum Gasteiger partial charge on any atom is -0.462 e. The zero-order valence-electron chi connectivity index (χ0n) is 8.27. The van der Waals surface area contributed by atoms with E-state index in [2.05, 4.69) is 5.10 Å². The smallest absolute Gasteiger partial charge is 0.343 e. The van der Waals surface area contributed by atoms with Crippen molar-refractivity contribution in [2.24, 2.45) is 5.73 Å². The van der Waals surface area contributed by atoms with Crippen molar-refractivity contribution in [3.8, 4) is 0 Å².